The first-order valence-corrected chi connectivity index (χ1v) is 7.37. The normalized spacial score (nSPS) is 25.6. The van der Waals surface area contributed by atoms with E-state index in [9.17, 15) is 18.4 Å². The maximum absolute atomic E-state index is 12.4. The van der Waals surface area contributed by atoms with Crippen LogP contribution < -0.4 is 11.2 Å². The van der Waals surface area contributed by atoms with Gasteiger partial charge < -0.3 is 4.74 Å². The van der Waals surface area contributed by atoms with E-state index in [1.165, 1.54) is 10.8 Å². The van der Waals surface area contributed by atoms with Gasteiger partial charge in [0.2, 0.25) is 0 Å². The highest BCUT2D eigenvalue weighted by atomic mass is 31.2. The molecule has 1 aliphatic rings. The van der Waals surface area contributed by atoms with Crippen LogP contribution in [-0.2, 0) is 13.8 Å². The van der Waals surface area contributed by atoms with Gasteiger partial charge in [-0.2, -0.15) is 0 Å². The van der Waals surface area contributed by atoms with Crippen LogP contribution in [0.3, 0.4) is 0 Å². The van der Waals surface area contributed by atoms with Crippen molar-refractivity contribution in [2.75, 3.05) is 6.61 Å². The summed E-state index contributed by atoms with van der Waals surface area (Å²) in [5.74, 6) is 0. The van der Waals surface area contributed by atoms with Gasteiger partial charge in [0, 0.05) is 11.8 Å². The van der Waals surface area contributed by atoms with E-state index < -0.39 is 31.5 Å². The molecule has 1 aromatic heterocycles. The van der Waals surface area contributed by atoms with Crippen molar-refractivity contribution in [1.82, 2.24) is 9.55 Å². The van der Waals surface area contributed by atoms with E-state index >= 15 is 0 Å². The minimum Gasteiger partial charge on any atom is -0.352 e. The van der Waals surface area contributed by atoms with Crippen molar-refractivity contribution < 1.29 is 22.9 Å². The molecule has 1 fully saturated rings. The van der Waals surface area contributed by atoms with Gasteiger partial charge in [-0.1, -0.05) is 0 Å². The van der Waals surface area contributed by atoms with E-state index in [0.29, 0.717) is 18.4 Å². The lowest BCUT2D eigenvalue weighted by Crippen LogP contribution is -2.33. The van der Waals surface area contributed by atoms with Gasteiger partial charge in [-0.15, -0.1) is 4.20 Å². The SMILES string of the molecule is Cc1cn([C@H]2CC[C@@H](COP(=O)(O)F)O2)c(=O)[nH]c1=O. The van der Waals surface area contributed by atoms with E-state index in [-0.39, 0.29) is 6.61 Å². The van der Waals surface area contributed by atoms with Crippen LogP contribution in [0.5, 0.6) is 0 Å². The zero-order valence-electron chi connectivity index (χ0n) is 10.6. The Hall–Kier alpha value is -1.28. The van der Waals surface area contributed by atoms with Gasteiger partial charge in [-0.3, -0.25) is 23.8 Å². The highest BCUT2D eigenvalue weighted by Crippen LogP contribution is 2.44. The van der Waals surface area contributed by atoms with Gasteiger partial charge in [0.05, 0.1) is 12.7 Å². The summed E-state index contributed by atoms with van der Waals surface area (Å²) < 4.78 is 33.5. The number of nitrogens with one attached hydrogen (secondary N) is 1. The number of ether oxygens (including phenoxy) is 1. The average molecular weight is 308 g/mol. The van der Waals surface area contributed by atoms with Gasteiger partial charge in [-0.05, 0) is 19.8 Å². The molecule has 1 unspecified atom stereocenters. The Bertz CT molecular complexity index is 650. The summed E-state index contributed by atoms with van der Waals surface area (Å²) >= 11 is 0. The molecule has 0 bridgehead atoms. The number of aromatic amines is 1. The van der Waals surface area contributed by atoms with Crippen molar-refractivity contribution in [3.63, 3.8) is 0 Å². The highest BCUT2D eigenvalue weighted by molar-refractivity contribution is 7.46. The van der Waals surface area contributed by atoms with Crippen molar-refractivity contribution >= 4 is 7.91 Å². The number of hydrogen-bond acceptors (Lipinski definition) is 5. The molecule has 1 aliphatic heterocycles. The standard InChI is InChI=1S/C10H14FN2O6P/c1-6-4-13(10(15)12-9(6)14)8-3-2-7(19-8)5-18-20(11,16)17/h4,7-8H,2-3,5H2,1H3,(H,16,17)(H,12,14,15)/t7-,8+/m0/s1. The van der Waals surface area contributed by atoms with E-state index in [4.69, 9.17) is 9.63 Å². The second-order valence-electron chi connectivity index (χ2n) is 4.52. The zero-order valence-corrected chi connectivity index (χ0v) is 11.5. The number of aromatic nitrogens is 2. The first-order valence-electron chi connectivity index (χ1n) is 5.91. The van der Waals surface area contributed by atoms with Crippen molar-refractivity contribution in [2.24, 2.45) is 0 Å². The quantitative estimate of drug-likeness (QED) is 0.788. The molecular weight excluding hydrogens is 294 g/mol. The minimum absolute atomic E-state index is 0.358. The summed E-state index contributed by atoms with van der Waals surface area (Å²) in [4.78, 5) is 33.4. The molecule has 1 aromatic rings. The Morgan fingerprint density at radius 3 is 2.95 bits per heavy atom. The smallest absolute Gasteiger partial charge is 0.352 e. The van der Waals surface area contributed by atoms with Crippen molar-refractivity contribution in [3.8, 4) is 0 Å². The lowest BCUT2D eigenvalue weighted by Gasteiger charge is -2.16. The maximum atomic E-state index is 12.4. The van der Waals surface area contributed by atoms with Crippen LogP contribution >= 0.6 is 7.91 Å². The monoisotopic (exact) mass is 308 g/mol. The summed E-state index contributed by atoms with van der Waals surface area (Å²) in [5.41, 5.74) is -0.718. The van der Waals surface area contributed by atoms with Crippen LogP contribution in [0.1, 0.15) is 24.6 Å². The van der Waals surface area contributed by atoms with E-state index in [1.54, 1.807) is 6.92 Å². The van der Waals surface area contributed by atoms with Gasteiger partial charge in [0.1, 0.15) is 6.23 Å². The number of aryl methyl sites for hydroxylation is 1. The second kappa shape index (κ2) is 5.61. The number of hydrogen-bond donors (Lipinski definition) is 2. The molecule has 0 amide bonds. The largest absolute Gasteiger partial charge is 0.510 e. The molecule has 0 aliphatic carbocycles. The number of H-pyrrole nitrogens is 1. The number of rotatable bonds is 4. The van der Waals surface area contributed by atoms with Gasteiger partial charge in [-0.25, -0.2) is 9.36 Å². The third-order valence-corrected chi connectivity index (χ3v) is 3.43. The Morgan fingerprint density at radius 2 is 2.30 bits per heavy atom. The Kier molecular flexibility index (Phi) is 4.24. The molecule has 10 heteroatoms. The molecular formula is C10H14FN2O6P. The predicted octanol–water partition coefficient (Wildman–Crippen LogP) is 0.609. The molecule has 20 heavy (non-hydrogen) atoms. The fourth-order valence-corrected chi connectivity index (χ4v) is 2.34. The molecule has 8 nitrogen and oxygen atoms in total. The zero-order chi connectivity index (χ0) is 14.9. The Balaban J connectivity index is 2.06. The summed E-state index contributed by atoms with van der Waals surface area (Å²) in [5, 5.41) is 0. The van der Waals surface area contributed by atoms with E-state index in [1.807, 2.05) is 0 Å². The summed E-state index contributed by atoms with van der Waals surface area (Å²) in [6.45, 7) is 1.17. The lowest BCUT2D eigenvalue weighted by atomic mass is 10.2. The molecule has 1 saturated heterocycles. The Morgan fingerprint density at radius 1 is 1.60 bits per heavy atom. The molecule has 2 rings (SSSR count). The average Bonchev–Trinajstić information content (AvgIpc) is 2.79. The van der Waals surface area contributed by atoms with Crippen LogP contribution in [0, 0.1) is 6.92 Å². The minimum atomic E-state index is -5.03. The Labute approximate surface area is 112 Å². The molecule has 0 spiro atoms. The second-order valence-corrected chi connectivity index (χ2v) is 5.68. The highest BCUT2D eigenvalue weighted by Gasteiger charge is 2.30. The van der Waals surface area contributed by atoms with E-state index in [0.717, 1.165) is 0 Å². The summed E-state index contributed by atoms with van der Waals surface area (Å²) in [6, 6.07) is 0. The third-order valence-electron chi connectivity index (χ3n) is 2.96. The first kappa shape index (κ1) is 15.1. The topological polar surface area (TPSA) is 111 Å². The molecule has 112 valence electrons. The van der Waals surface area contributed by atoms with Crippen molar-refractivity contribution in [3.05, 3.63) is 32.6 Å². The molecule has 0 aromatic carbocycles. The number of halogens is 1. The van der Waals surface area contributed by atoms with Crippen LogP contribution in [0.2, 0.25) is 0 Å². The van der Waals surface area contributed by atoms with Gasteiger partial charge in [0.15, 0.2) is 0 Å². The number of nitrogens with zero attached hydrogens (tertiary/aromatic N) is 1. The predicted molar refractivity (Wildman–Crippen MR) is 66.1 cm³/mol. The van der Waals surface area contributed by atoms with Crippen molar-refractivity contribution in [1.29, 1.82) is 0 Å². The molecule has 3 atom stereocenters. The van der Waals surface area contributed by atoms with Gasteiger partial charge in [0.25, 0.3) is 5.56 Å². The first-order chi connectivity index (χ1) is 9.26. The fraction of sp³-hybridized carbons (Fsp3) is 0.600. The molecule has 2 N–H and O–H groups in total. The third kappa shape index (κ3) is 3.63. The van der Waals surface area contributed by atoms with Crippen LogP contribution in [0.25, 0.3) is 0 Å². The van der Waals surface area contributed by atoms with Crippen molar-refractivity contribution in [2.45, 2.75) is 32.1 Å². The fourth-order valence-electron chi connectivity index (χ4n) is 1.99. The van der Waals surface area contributed by atoms with Gasteiger partial charge >= 0.3 is 13.6 Å². The summed E-state index contributed by atoms with van der Waals surface area (Å²) in [7, 11) is -5.03. The lowest BCUT2D eigenvalue weighted by molar-refractivity contribution is -0.0231. The summed E-state index contributed by atoms with van der Waals surface area (Å²) in [6.07, 6.45) is 1.05. The molecule has 0 radical (unpaired) electrons. The maximum Gasteiger partial charge on any atom is 0.510 e. The molecule has 2 heterocycles. The van der Waals surface area contributed by atoms with Crippen LogP contribution in [0.15, 0.2) is 15.8 Å². The van der Waals surface area contributed by atoms with Crippen LogP contribution in [-0.4, -0.2) is 27.2 Å². The van der Waals surface area contributed by atoms with Crippen LogP contribution in [0.4, 0.5) is 4.20 Å². The molecule has 0 saturated carbocycles. The van der Waals surface area contributed by atoms with E-state index in [2.05, 4.69) is 9.51 Å².